The lowest BCUT2D eigenvalue weighted by Gasteiger charge is -2.13. The Bertz CT molecular complexity index is 1230. The van der Waals surface area contributed by atoms with Crippen molar-refractivity contribution in [2.24, 2.45) is 0 Å². The predicted octanol–water partition coefficient (Wildman–Crippen LogP) is 5.37. The second kappa shape index (κ2) is 7.73. The van der Waals surface area contributed by atoms with Crippen LogP contribution in [0.2, 0.25) is 10.0 Å². The number of benzene rings is 2. The summed E-state index contributed by atoms with van der Waals surface area (Å²) in [6.07, 6.45) is 1.58. The van der Waals surface area contributed by atoms with E-state index >= 15 is 0 Å². The van der Waals surface area contributed by atoms with Gasteiger partial charge in [-0.3, -0.25) is 0 Å². The molecule has 0 amide bonds. The Kier molecular flexibility index (Phi) is 5.13. The van der Waals surface area contributed by atoms with Gasteiger partial charge in [0.1, 0.15) is 0 Å². The summed E-state index contributed by atoms with van der Waals surface area (Å²) < 4.78 is 5.42. The van der Waals surface area contributed by atoms with Crippen molar-refractivity contribution in [3.8, 4) is 11.1 Å². The Balaban J connectivity index is 1.70. The molecule has 0 fully saturated rings. The SMILES string of the molecule is CN(C)c1ccc(Nc2ncc3cc(-c4c(Cl)cccc4Cl)c(=O)oc3n2)cc1. The van der Waals surface area contributed by atoms with Gasteiger partial charge < -0.3 is 14.6 Å². The zero-order valence-corrected chi connectivity index (χ0v) is 17.1. The first-order valence-corrected chi connectivity index (χ1v) is 9.47. The summed E-state index contributed by atoms with van der Waals surface area (Å²) in [6, 6.07) is 14.5. The van der Waals surface area contributed by atoms with Crippen LogP contribution < -0.4 is 15.8 Å². The minimum atomic E-state index is -0.576. The molecule has 4 aromatic rings. The van der Waals surface area contributed by atoms with E-state index in [-0.39, 0.29) is 11.3 Å². The maximum Gasteiger partial charge on any atom is 0.345 e. The Hall–Kier alpha value is -3.09. The number of fused-ring (bicyclic) bond motifs is 1. The van der Waals surface area contributed by atoms with E-state index in [2.05, 4.69) is 15.3 Å². The van der Waals surface area contributed by atoms with Gasteiger partial charge in [-0.05, 0) is 42.5 Å². The number of hydrogen-bond donors (Lipinski definition) is 1. The van der Waals surface area contributed by atoms with Gasteiger partial charge in [0.2, 0.25) is 11.7 Å². The van der Waals surface area contributed by atoms with Gasteiger partial charge in [-0.25, -0.2) is 9.78 Å². The van der Waals surface area contributed by atoms with Crippen molar-refractivity contribution in [3.63, 3.8) is 0 Å². The Morgan fingerprint density at radius 2 is 1.72 bits per heavy atom. The molecule has 2 heterocycles. The molecular weight excluding hydrogens is 411 g/mol. The van der Waals surface area contributed by atoms with Gasteiger partial charge in [0.15, 0.2) is 0 Å². The molecule has 0 atom stereocenters. The first kappa shape index (κ1) is 19.2. The van der Waals surface area contributed by atoms with E-state index in [0.717, 1.165) is 11.4 Å². The molecule has 0 aliphatic rings. The summed E-state index contributed by atoms with van der Waals surface area (Å²) in [5, 5.41) is 4.39. The van der Waals surface area contributed by atoms with Gasteiger partial charge in [-0.15, -0.1) is 0 Å². The van der Waals surface area contributed by atoms with Crippen molar-refractivity contribution in [1.29, 1.82) is 0 Å². The predicted molar refractivity (Wildman–Crippen MR) is 118 cm³/mol. The molecule has 6 nitrogen and oxygen atoms in total. The van der Waals surface area contributed by atoms with Crippen LogP contribution in [0.1, 0.15) is 0 Å². The average molecular weight is 427 g/mol. The van der Waals surface area contributed by atoms with Gasteiger partial charge in [-0.1, -0.05) is 29.3 Å². The van der Waals surface area contributed by atoms with Crippen LogP contribution in [-0.4, -0.2) is 24.1 Å². The highest BCUT2D eigenvalue weighted by molar-refractivity contribution is 6.39. The van der Waals surface area contributed by atoms with E-state index in [9.17, 15) is 4.79 Å². The van der Waals surface area contributed by atoms with Crippen LogP contribution in [0.5, 0.6) is 0 Å². The molecule has 0 aliphatic carbocycles. The second-order valence-corrected chi connectivity index (χ2v) is 7.38. The van der Waals surface area contributed by atoms with Gasteiger partial charge in [0, 0.05) is 37.2 Å². The molecule has 1 N–H and O–H groups in total. The lowest BCUT2D eigenvalue weighted by molar-refractivity contribution is 0.551. The Morgan fingerprint density at radius 1 is 1.03 bits per heavy atom. The van der Waals surface area contributed by atoms with E-state index < -0.39 is 5.63 Å². The zero-order chi connectivity index (χ0) is 20.5. The van der Waals surface area contributed by atoms with Crippen molar-refractivity contribution in [3.05, 3.63) is 75.2 Å². The van der Waals surface area contributed by atoms with E-state index in [1.54, 1.807) is 30.5 Å². The van der Waals surface area contributed by atoms with Crippen molar-refractivity contribution >= 4 is 51.6 Å². The van der Waals surface area contributed by atoms with Crippen LogP contribution in [-0.2, 0) is 0 Å². The van der Waals surface area contributed by atoms with Crippen LogP contribution in [0.15, 0.2) is 63.9 Å². The number of nitrogens with one attached hydrogen (secondary N) is 1. The summed E-state index contributed by atoms with van der Waals surface area (Å²) in [6.45, 7) is 0. The van der Waals surface area contributed by atoms with Crippen molar-refractivity contribution in [2.45, 2.75) is 0 Å². The molecule has 0 aliphatic heterocycles. The smallest absolute Gasteiger partial charge is 0.345 e. The van der Waals surface area contributed by atoms with Crippen molar-refractivity contribution in [2.75, 3.05) is 24.3 Å². The summed E-state index contributed by atoms with van der Waals surface area (Å²) >= 11 is 12.4. The maximum absolute atomic E-state index is 12.5. The van der Waals surface area contributed by atoms with Gasteiger partial charge in [-0.2, -0.15) is 4.98 Å². The van der Waals surface area contributed by atoms with Crippen LogP contribution in [0.4, 0.5) is 17.3 Å². The van der Waals surface area contributed by atoms with Crippen molar-refractivity contribution < 1.29 is 4.42 Å². The van der Waals surface area contributed by atoms with E-state index in [4.69, 9.17) is 27.6 Å². The van der Waals surface area contributed by atoms with E-state index in [1.807, 2.05) is 43.3 Å². The standard InChI is InChI=1S/C21H16Cl2N4O2/c1-27(2)14-8-6-13(7-9-14)25-21-24-11-12-10-15(20(28)29-19(12)26-21)18-16(22)4-3-5-17(18)23/h3-11H,1-2H3,(H,24,25,26). The average Bonchev–Trinajstić information content (AvgIpc) is 2.68. The number of rotatable bonds is 4. The molecule has 29 heavy (non-hydrogen) atoms. The van der Waals surface area contributed by atoms with Gasteiger partial charge >= 0.3 is 5.63 Å². The molecule has 0 saturated heterocycles. The number of hydrogen-bond acceptors (Lipinski definition) is 6. The molecule has 0 radical (unpaired) electrons. The largest absolute Gasteiger partial charge is 0.403 e. The maximum atomic E-state index is 12.5. The number of anilines is 3. The molecular formula is C21H16Cl2N4O2. The van der Waals surface area contributed by atoms with Crippen molar-refractivity contribution in [1.82, 2.24) is 9.97 Å². The molecule has 2 aromatic heterocycles. The summed E-state index contributed by atoms with van der Waals surface area (Å²) in [7, 11) is 3.95. The quantitative estimate of drug-likeness (QED) is 0.473. The van der Waals surface area contributed by atoms with E-state index in [0.29, 0.717) is 26.9 Å². The fraction of sp³-hybridized carbons (Fsp3) is 0.0952. The van der Waals surface area contributed by atoms with Gasteiger partial charge in [0.25, 0.3) is 0 Å². The monoisotopic (exact) mass is 426 g/mol. The molecule has 8 heteroatoms. The third-order valence-corrected chi connectivity index (χ3v) is 4.99. The number of nitrogens with zero attached hydrogens (tertiary/aromatic N) is 3. The molecule has 0 spiro atoms. The van der Waals surface area contributed by atoms with Gasteiger partial charge in [0.05, 0.1) is 21.0 Å². The molecule has 4 rings (SSSR count). The molecule has 146 valence electrons. The molecule has 0 unspecified atom stereocenters. The third kappa shape index (κ3) is 3.90. The fourth-order valence-electron chi connectivity index (χ4n) is 2.88. The van der Waals surface area contributed by atoms with E-state index in [1.165, 1.54) is 0 Å². The van der Waals surface area contributed by atoms with Crippen LogP contribution in [0.25, 0.3) is 22.2 Å². The summed E-state index contributed by atoms with van der Waals surface area (Å²) in [4.78, 5) is 23.2. The van der Waals surface area contributed by atoms with Crippen LogP contribution in [0, 0.1) is 0 Å². The zero-order valence-electron chi connectivity index (χ0n) is 15.6. The molecule has 2 aromatic carbocycles. The first-order valence-electron chi connectivity index (χ1n) is 8.72. The highest BCUT2D eigenvalue weighted by atomic mass is 35.5. The third-order valence-electron chi connectivity index (χ3n) is 4.36. The highest BCUT2D eigenvalue weighted by Gasteiger charge is 2.15. The Labute approximate surface area is 176 Å². The lowest BCUT2D eigenvalue weighted by Crippen LogP contribution is -2.08. The Morgan fingerprint density at radius 3 is 2.38 bits per heavy atom. The normalized spacial score (nSPS) is 10.9. The minimum Gasteiger partial charge on any atom is -0.403 e. The fourth-order valence-corrected chi connectivity index (χ4v) is 3.48. The lowest BCUT2D eigenvalue weighted by atomic mass is 10.1. The topological polar surface area (TPSA) is 71.3 Å². The molecule has 0 bridgehead atoms. The highest BCUT2D eigenvalue weighted by Crippen LogP contribution is 2.33. The van der Waals surface area contributed by atoms with Crippen LogP contribution in [0.3, 0.4) is 0 Å². The summed E-state index contributed by atoms with van der Waals surface area (Å²) in [5.41, 5.74) is 2.17. The second-order valence-electron chi connectivity index (χ2n) is 6.56. The summed E-state index contributed by atoms with van der Waals surface area (Å²) in [5.74, 6) is 0.321. The number of aromatic nitrogens is 2. The minimum absolute atomic E-state index is 0.171. The molecule has 0 saturated carbocycles. The van der Waals surface area contributed by atoms with Crippen LogP contribution >= 0.6 is 23.2 Å². The number of halogens is 2. The first-order chi connectivity index (χ1) is 13.9.